The quantitative estimate of drug-likeness (QED) is 0.695. The summed E-state index contributed by atoms with van der Waals surface area (Å²) >= 11 is 0. The van der Waals surface area contributed by atoms with E-state index in [2.05, 4.69) is 15.4 Å². The SMILES string of the molecule is CC(=O)Nc1nc2ccc(-c3cccc(N)c3)cn2n1. The Morgan fingerprint density at radius 2 is 2.10 bits per heavy atom. The van der Waals surface area contributed by atoms with Crippen LogP contribution in [0.4, 0.5) is 11.6 Å². The second-order valence-electron chi connectivity index (χ2n) is 4.46. The lowest BCUT2D eigenvalue weighted by Crippen LogP contribution is -2.07. The fourth-order valence-corrected chi connectivity index (χ4v) is 1.98. The van der Waals surface area contributed by atoms with Crippen LogP contribution in [0.1, 0.15) is 6.92 Å². The van der Waals surface area contributed by atoms with Gasteiger partial charge >= 0.3 is 0 Å². The van der Waals surface area contributed by atoms with Gasteiger partial charge in [0.15, 0.2) is 5.65 Å². The molecule has 1 amide bonds. The summed E-state index contributed by atoms with van der Waals surface area (Å²) < 4.78 is 1.63. The molecule has 1 aromatic carbocycles. The number of fused-ring (bicyclic) bond motifs is 1. The lowest BCUT2D eigenvalue weighted by molar-refractivity contribution is -0.114. The van der Waals surface area contributed by atoms with E-state index in [0.717, 1.165) is 11.1 Å². The molecule has 3 rings (SSSR count). The van der Waals surface area contributed by atoms with Crippen molar-refractivity contribution in [3.63, 3.8) is 0 Å². The van der Waals surface area contributed by atoms with Gasteiger partial charge in [0.25, 0.3) is 0 Å². The third-order valence-electron chi connectivity index (χ3n) is 2.84. The fraction of sp³-hybridized carbons (Fsp3) is 0.0714. The normalized spacial score (nSPS) is 10.7. The lowest BCUT2D eigenvalue weighted by atomic mass is 10.1. The number of carbonyl (C=O) groups is 1. The number of pyridine rings is 1. The van der Waals surface area contributed by atoms with Crippen LogP contribution in [0.2, 0.25) is 0 Å². The molecule has 0 saturated heterocycles. The van der Waals surface area contributed by atoms with Gasteiger partial charge in [-0.1, -0.05) is 12.1 Å². The highest BCUT2D eigenvalue weighted by Crippen LogP contribution is 2.21. The maximum absolute atomic E-state index is 11.0. The van der Waals surface area contributed by atoms with Gasteiger partial charge in [-0.05, 0) is 29.8 Å². The smallest absolute Gasteiger partial charge is 0.249 e. The number of aromatic nitrogens is 3. The predicted molar refractivity (Wildman–Crippen MR) is 77.1 cm³/mol. The molecule has 3 N–H and O–H groups in total. The fourth-order valence-electron chi connectivity index (χ4n) is 1.98. The Balaban J connectivity index is 2.04. The van der Waals surface area contributed by atoms with Gasteiger partial charge in [-0.25, -0.2) is 4.52 Å². The number of carbonyl (C=O) groups excluding carboxylic acids is 1. The number of nitrogens with two attached hydrogens (primary N) is 1. The van der Waals surface area contributed by atoms with Crippen molar-refractivity contribution >= 4 is 23.2 Å². The van der Waals surface area contributed by atoms with Crippen LogP contribution in [0.25, 0.3) is 16.8 Å². The van der Waals surface area contributed by atoms with E-state index in [9.17, 15) is 4.79 Å². The number of nitrogens with zero attached hydrogens (tertiary/aromatic N) is 3. The largest absolute Gasteiger partial charge is 0.399 e. The molecule has 0 bridgehead atoms. The van der Waals surface area contributed by atoms with Gasteiger partial charge < -0.3 is 5.73 Å². The highest BCUT2D eigenvalue weighted by atomic mass is 16.1. The van der Waals surface area contributed by atoms with Gasteiger partial charge in [0.05, 0.1) is 0 Å². The topological polar surface area (TPSA) is 85.3 Å². The average molecular weight is 267 g/mol. The predicted octanol–water partition coefficient (Wildman–Crippen LogP) is 1.94. The summed E-state index contributed by atoms with van der Waals surface area (Å²) in [5, 5.41) is 6.76. The molecule has 0 atom stereocenters. The van der Waals surface area contributed by atoms with Crippen molar-refractivity contribution in [2.45, 2.75) is 6.92 Å². The number of hydrogen-bond acceptors (Lipinski definition) is 4. The van der Waals surface area contributed by atoms with Crippen molar-refractivity contribution in [1.82, 2.24) is 14.6 Å². The number of hydrogen-bond donors (Lipinski definition) is 2. The molecule has 0 spiro atoms. The van der Waals surface area contributed by atoms with Crippen molar-refractivity contribution in [1.29, 1.82) is 0 Å². The minimum absolute atomic E-state index is 0.197. The molecule has 2 heterocycles. The number of benzene rings is 1. The number of nitrogen functional groups attached to an aromatic ring is 1. The first-order chi connectivity index (χ1) is 9.61. The van der Waals surface area contributed by atoms with Crippen molar-refractivity contribution in [2.75, 3.05) is 11.1 Å². The Morgan fingerprint density at radius 1 is 1.25 bits per heavy atom. The van der Waals surface area contributed by atoms with Crippen molar-refractivity contribution in [3.05, 3.63) is 42.6 Å². The van der Waals surface area contributed by atoms with E-state index in [1.165, 1.54) is 6.92 Å². The van der Waals surface area contributed by atoms with Gasteiger partial charge in [0.1, 0.15) is 0 Å². The lowest BCUT2D eigenvalue weighted by Gasteiger charge is -2.02. The van der Waals surface area contributed by atoms with Crippen molar-refractivity contribution in [2.24, 2.45) is 0 Å². The summed E-state index contributed by atoms with van der Waals surface area (Å²) in [4.78, 5) is 15.2. The molecule has 100 valence electrons. The van der Waals surface area contributed by atoms with Gasteiger partial charge in [0.2, 0.25) is 11.9 Å². The third-order valence-corrected chi connectivity index (χ3v) is 2.84. The number of rotatable bonds is 2. The molecule has 3 aromatic rings. The standard InChI is InChI=1S/C14H13N5O/c1-9(20)16-14-17-13-6-5-11(8-19(13)18-14)10-3-2-4-12(15)7-10/h2-8H,15H2,1H3,(H,16,18,20). The first-order valence-electron chi connectivity index (χ1n) is 6.12. The van der Waals surface area contributed by atoms with Crippen LogP contribution in [0.5, 0.6) is 0 Å². The second-order valence-corrected chi connectivity index (χ2v) is 4.46. The summed E-state index contributed by atoms with van der Waals surface area (Å²) in [7, 11) is 0. The van der Waals surface area contributed by atoms with Gasteiger partial charge in [-0.15, -0.1) is 5.10 Å². The number of nitrogens with one attached hydrogen (secondary N) is 1. The monoisotopic (exact) mass is 267 g/mol. The van der Waals surface area contributed by atoms with Crippen LogP contribution in [-0.2, 0) is 4.79 Å². The molecule has 0 aliphatic heterocycles. The average Bonchev–Trinajstić information content (AvgIpc) is 2.78. The number of amides is 1. The van der Waals surface area contributed by atoms with Gasteiger partial charge in [0, 0.05) is 24.4 Å². The van der Waals surface area contributed by atoms with Crippen LogP contribution < -0.4 is 11.1 Å². The Kier molecular flexibility index (Phi) is 2.83. The minimum atomic E-state index is -0.197. The number of anilines is 2. The van der Waals surface area contributed by atoms with Crippen LogP contribution >= 0.6 is 0 Å². The van der Waals surface area contributed by atoms with Crippen LogP contribution in [-0.4, -0.2) is 20.5 Å². The molecule has 2 aromatic heterocycles. The van der Waals surface area contributed by atoms with Crippen LogP contribution in [0, 0.1) is 0 Å². The molecule has 0 unspecified atom stereocenters. The molecule has 6 nitrogen and oxygen atoms in total. The van der Waals surface area contributed by atoms with Crippen molar-refractivity contribution < 1.29 is 4.79 Å². The maximum atomic E-state index is 11.0. The zero-order valence-electron chi connectivity index (χ0n) is 10.9. The molecule has 0 fully saturated rings. The summed E-state index contributed by atoms with van der Waals surface area (Å²) in [6.45, 7) is 1.42. The summed E-state index contributed by atoms with van der Waals surface area (Å²) in [5.74, 6) is 0.0965. The minimum Gasteiger partial charge on any atom is -0.399 e. The first kappa shape index (κ1) is 12.2. The van der Waals surface area contributed by atoms with Crippen LogP contribution in [0.3, 0.4) is 0 Å². The molecule has 0 saturated carbocycles. The van der Waals surface area contributed by atoms with E-state index in [1.54, 1.807) is 4.52 Å². The zero-order chi connectivity index (χ0) is 14.1. The van der Waals surface area contributed by atoms with E-state index < -0.39 is 0 Å². The molecule has 6 heteroatoms. The van der Waals surface area contributed by atoms with E-state index in [-0.39, 0.29) is 5.91 Å². The zero-order valence-corrected chi connectivity index (χ0v) is 10.9. The molecular weight excluding hydrogens is 254 g/mol. The highest BCUT2D eigenvalue weighted by Gasteiger charge is 2.06. The van der Waals surface area contributed by atoms with E-state index in [4.69, 9.17) is 5.73 Å². The van der Waals surface area contributed by atoms with Crippen molar-refractivity contribution in [3.8, 4) is 11.1 Å². The molecule has 20 heavy (non-hydrogen) atoms. The summed E-state index contributed by atoms with van der Waals surface area (Å²) in [6, 6.07) is 11.4. The molecular formula is C14H13N5O. The van der Waals surface area contributed by atoms with E-state index >= 15 is 0 Å². The summed E-state index contributed by atoms with van der Waals surface area (Å²) in [6.07, 6.45) is 1.85. The second kappa shape index (κ2) is 4.65. The Hall–Kier alpha value is -2.89. The Labute approximate surface area is 115 Å². The van der Waals surface area contributed by atoms with Gasteiger partial charge in [-0.3, -0.25) is 10.1 Å². The van der Waals surface area contributed by atoms with Crippen LogP contribution in [0.15, 0.2) is 42.6 Å². The van der Waals surface area contributed by atoms with E-state index in [0.29, 0.717) is 17.3 Å². The molecule has 0 aliphatic carbocycles. The Morgan fingerprint density at radius 3 is 2.85 bits per heavy atom. The van der Waals surface area contributed by atoms with Gasteiger partial charge in [-0.2, -0.15) is 4.98 Å². The molecule has 0 aliphatic rings. The third kappa shape index (κ3) is 2.31. The molecule has 0 radical (unpaired) electrons. The Bertz CT molecular complexity index is 793. The maximum Gasteiger partial charge on any atom is 0.249 e. The highest BCUT2D eigenvalue weighted by molar-refractivity contribution is 5.86. The summed E-state index contributed by atoms with van der Waals surface area (Å²) in [5.41, 5.74) is 9.14. The van der Waals surface area contributed by atoms with E-state index in [1.807, 2.05) is 42.6 Å². The first-order valence-corrected chi connectivity index (χ1v) is 6.12.